The number of quaternary nitrogens is 1. The van der Waals surface area contributed by atoms with Crippen molar-refractivity contribution in [1.82, 2.24) is 0 Å². The van der Waals surface area contributed by atoms with E-state index < -0.39 is 0 Å². The molecule has 0 saturated heterocycles. The zero-order valence-electron chi connectivity index (χ0n) is 14.5. The maximum Gasteiger partial charge on any atom is 0.279 e. The molecule has 3 rings (SSSR count). The highest BCUT2D eigenvalue weighted by Gasteiger charge is 2.34. The molecule has 25 heavy (non-hydrogen) atoms. The minimum Gasteiger partial charge on any atom is -0.321 e. The summed E-state index contributed by atoms with van der Waals surface area (Å²) in [7, 11) is 0. The van der Waals surface area contributed by atoms with E-state index in [1.54, 1.807) is 12.1 Å². The molecule has 0 aromatic heterocycles. The third kappa shape index (κ3) is 4.80. The van der Waals surface area contributed by atoms with Crippen molar-refractivity contribution in [2.45, 2.75) is 39.3 Å². The smallest absolute Gasteiger partial charge is 0.279 e. The van der Waals surface area contributed by atoms with E-state index in [-0.39, 0.29) is 11.7 Å². The lowest BCUT2D eigenvalue weighted by molar-refractivity contribution is -0.916. The quantitative estimate of drug-likeness (QED) is 0.813. The molecule has 5 heteroatoms. The average Bonchev–Trinajstić information content (AvgIpc) is 3.37. The van der Waals surface area contributed by atoms with E-state index in [0.29, 0.717) is 23.3 Å². The minimum absolute atomic E-state index is 0.0436. The van der Waals surface area contributed by atoms with Gasteiger partial charge in [-0.15, -0.1) is 0 Å². The Morgan fingerprint density at radius 3 is 2.52 bits per heavy atom. The van der Waals surface area contributed by atoms with Gasteiger partial charge in [-0.3, -0.25) is 4.79 Å². The third-order valence-electron chi connectivity index (χ3n) is 4.58. The first-order valence-electron chi connectivity index (χ1n) is 8.58. The van der Waals surface area contributed by atoms with Crippen molar-refractivity contribution in [3.8, 4) is 0 Å². The van der Waals surface area contributed by atoms with Crippen molar-refractivity contribution in [2.75, 3.05) is 11.9 Å². The maximum atomic E-state index is 13.1. The summed E-state index contributed by atoms with van der Waals surface area (Å²) in [5.41, 5.74) is 3.77. The highest BCUT2D eigenvalue weighted by molar-refractivity contribution is 6.34. The largest absolute Gasteiger partial charge is 0.321 e. The third-order valence-corrected chi connectivity index (χ3v) is 4.88. The fraction of sp³-hybridized carbons (Fsp3) is 0.350. The number of benzene rings is 2. The fourth-order valence-electron chi connectivity index (χ4n) is 3.17. The number of hydrogen-bond donors (Lipinski definition) is 2. The number of carbonyl (C=O) groups excluding carboxylic acids is 1. The summed E-state index contributed by atoms with van der Waals surface area (Å²) < 4.78 is 13.1. The van der Waals surface area contributed by atoms with Crippen LogP contribution in [-0.4, -0.2) is 18.5 Å². The Balaban J connectivity index is 1.66. The van der Waals surface area contributed by atoms with Crippen LogP contribution in [0.15, 0.2) is 36.4 Å². The lowest BCUT2D eigenvalue weighted by Gasteiger charge is -2.19. The molecule has 1 aliphatic carbocycles. The lowest BCUT2D eigenvalue weighted by atomic mass is 10.1. The molecule has 1 amide bonds. The number of carbonyl (C=O) groups is 1. The molecular weight excluding hydrogens is 339 g/mol. The number of hydrogen-bond acceptors (Lipinski definition) is 1. The Kier molecular flexibility index (Phi) is 5.40. The second kappa shape index (κ2) is 7.54. The Morgan fingerprint density at radius 1 is 1.24 bits per heavy atom. The minimum atomic E-state index is -0.237. The average molecular weight is 362 g/mol. The normalized spacial score (nSPS) is 15.0. The van der Waals surface area contributed by atoms with Crippen molar-refractivity contribution < 1.29 is 14.1 Å². The maximum absolute atomic E-state index is 13.1. The summed E-state index contributed by atoms with van der Waals surface area (Å²) >= 11 is 6.28. The summed E-state index contributed by atoms with van der Waals surface area (Å²) in [5, 5.41) is 3.53. The van der Waals surface area contributed by atoms with Crippen LogP contribution in [0.25, 0.3) is 0 Å². The van der Waals surface area contributed by atoms with Gasteiger partial charge in [0.2, 0.25) is 0 Å². The van der Waals surface area contributed by atoms with Crippen LogP contribution in [0, 0.1) is 19.7 Å². The number of anilines is 1. The number of amides is 1. The van der Waals surface area contributed by atoms with E-state index in [1.165, 1.54) is 17.0 Å². The van der Waals surface area contributed by atoms with E-state index in [1.807, 2.05) is 26.0 Å². The van der Waals surface area contributed by atoms with Gasteiger partial charge in [-0.1, -0.05) is 29.8 Å². The highest BCUT2D eigenvalue weighted by atomic mass is 35.5. The van der Waals surface area contributed by atoms with Crippen LogP contribution in [-0.2, 0) is 11.3 Å². The zero-order valence-corrected chi connectivity index (χ0v) is 15.3. The molecule has 2 aromatic carbocycles. The molecule has 0 aliphatic heterocycles. The molecule has 2 aromatic rings. The molecule has 132 valence electrons. The molecule has 0 bridgehead atoms. The van der Waals surface area contributed by atoms with Gasteiger partial charge in [0.15, 0.2) is 6.54 Å². The number of nitrogens with one attached hydrogen (secondary N) is 2. The molecule has 0 radical (unpaired) electrons. The van der Waals surface area contributed by atoms with Crippen LogP contribution in [0.3, 0.4) is 0 Å². The van der Waals surface area contributed by atoms with Gasteiger partial charge in [0, 0.05) is 18.4 Å². The Labute approximate surface area is 152 Å². The summed E-state index contributed by atoms with van der Waals surface area (Å²) in [6, 6.07) is 10.9. The van der Waals surface area contributed by atoms with Gasteiger partial charge in [-0.2, -0.15) is 0 Å². The molecule has 0 heterocycles. The molecule has 1 fully saturated rings. The highest BCUT2D eigenvalue weighted by Crippen LogP contribution is 2.27. The second-order valence-corrected chi connectivity index (χ2v) is 7.31. The fourth-order valence-corrected chi connectivity index (χ4v) is 3.54. The van der Waals surface area contributed by atoms with Crippen LogP contribution < -0.4 is 10.2 Å². The molecule has 3 nitrogen and oxygen atoms in total. The second-order valence-electron chi connectivity index (χ2n) is 6.90. The standard InChI is InChI=1S/C20H22ClFN2O/c1-13-9-14(2)20(18(21)10-13)23-19(25)12-24(17-7-8-17)11-15-3-5-16(22)6-4-15/h3-6,9-10,17H,7-8,11-12H2,1-2H3,(H,23,25)/p+1. The number of rotatable bonds is 6. The first kappa shape index (κ1) is 17.9. The lowest BCUT2D eigenvalue weighted by Crippen LogP contribution is -3.13. The molecule has 1 saturated carbocycles. The summed E-state index contributed by atoms with van der Waals surface area (Å²) in [6.07, 6.45) is 2.27. The number of aryl methyl sites for hydroxylation is 2. The summed E-state index contributed by atoms with van der Waals surface area (Å²) in [4.78, 5) is 13.8. The zero-order chi connectivity index (χ0) is 18.0. The van der Waals surface area contributed by atoms with E-state index >= 15 is 0 Å². The van der Waals surface area contributed by atoms with E-state index in [2.05, 4.69) is 5.32 Å². The van der Waals surface area contributed by atoms with Gasteiger partial charge in [0.05, 0.1) is 16.8 Å². The summed E-state index contributed by atoms with van der Waals surface area (Å²) in [5.74, 6) is -0.281. The van der Waals surface area contributed by atoms with Crippen LogP contribution in [0.5, 0.6) is 0 Å². The van der Waals surface area contributed by atoms with Gasteiger partial charge < -0.3 is 10.2 Å². The van der Waals surface area contributed by atoms with Crippen LogP contribution >= 0.6 is 11.6 Å². The summed E-state index contributed by atoms with van der Waals surface area (Å²) in [6.45, 7) is 5.02. The van der Waals surface area contributed by atoms with E-state index in [0.717, 1.165) is 36.1 Å². The van der Waals surface area contributed by atoms with Gasteiger partial charge in [-0.05, 0) is 43.2 Å². The SMILES string of the molecule is Cc1cc(C)c(NC(=O)C[NH+](Cc2ccc(F)cc2)C2CC2)c(Cl)c1. The Morgan fingerprint density at radius 2 is 1.92 bits per heavy atom. The van der Waals surface area contributed by atoms with Crippen molar-refractivity contribution >= 4 is 23.2 Å². The molecule has 1 unspecified atom stereocenters. The van der Waals surface area contributed by atoms with E-state index in [9.17, 15) is 9.18 Å². The van der Waals surface area contributed by atoms with Crippen molar-refractivity contribution in [3.05, 3.63) is 63.9 Å². The Hall–Kier alpha value is -1.91. The van der Waals surface area contributed by atoms with Crippen molar-refractivity contribution in [3.63, 3.8) is 0 Å². The van der Waals surface area contributed by atoms with Gasteiger partial charge in [0.1, 0.15) is 12.4 Å². The van der Waals surface area contributed by atoms with Crippen molar-refractivity contribution in [1.29, 1.82) is 0 Å². The molecular formula is C20H23ClFN2O+. The topological polar surface area (TPSA) is 33.5 Å². The van der Waals surface area contributed by atoms with Crippen LogP contribution in [0.4, 0.5) is 10.1 Å². The van der Waals surface area contributed by atoms with E-state index in [4.69, 9.17) is 11.6 Å². The molecule has 1 aliphatic rings. The van der Waals surface area contributed by atoms with Gasteiger partial charge in [0.25, 0.3) is 5.91 Å². The first-order chi connectivity index (χ1) is 11.9. The monoisotopic (exact) mass is 361 g/mol. The first-order valence-corrected chi connectivity index (χ1v) is 8.96. The number of halogens is 2. The molecule has 1 atom stereocenters. The van der Waals surface area contributed by atoms with Crippen molar-refractivity contribution in [2.24, 2.45) is 0 Å². The van der Waals surface area contributed by atoms with Gasteiger partial charge in [-0.25, -0.2) is 4.39 Å². The predicted molar refractivity (Wildman–Crippen MR) is 98.5 cm³/mol. The van der Waals surface area contributed by atoms with Crippen LogP contribution in [0.1, 0.15) is 29.5 Å². The van der Waals surface area contributed by atoms with Gasteiger partial charge >= 0.3 is 0 Å². The predicted octanol–water partition coefficient (Wildman–Crippen LogP) is 3.28. The Bertz CT molecular complexity index is 749. The molecule has 2 N–H and O–H groups in total. The van der Waals surface area contributed by atoms with Crippen LogP contribution in [0.2, 0.25) is 5.02 Å². The molecule has 0 spiro atoms.